The molecule has 3 amide bonds. The minimum atomic E-state index is -0.822. The summed E-state index contributed by atoms with van der Waals surface area (Å²) in [5, 5.41) is 11.9. The van der Waals surface area contributed by atoms with Gasteiger partial charge in [-0.15, -0.1) is 0 Å². The summed E-state index contributed by atoms with van der Waals surface area (Å²) in [7, 11) is 0. The maximum absolute atomic E-state index is 12.4. The zero-order valence-electron chi connectivity index (χ0n) is 12.4. The molecule has 1 atom stereocenters. The Hall–Kier alpha value is -1.79. The first-order chi connectivity index (χ1) is 9.97. The fraction of sp³-hybridized carbons (Fsp3) is 0.786. The van der Waals surface area contributed by atoms with E-state index in [-0.39, 0.29) is 18.0 Å². The van der Waals surface area contributed by atoms with Crippen molar-refractivity contribution < 1.29 is 19.5 Å². The highest BCUT2D eigenvalue weighted by atomic mass is 16.4. The Labute approximate surface area is 124 Å². The van der Waals surface area contributed by atoms with Gasteiger partial charge in [-0.3, -0.25) is 9.59 Å². The van der Waals surface area contributed by atoms with Crippen LogP contribution >= 0.6 is 0 Å². The van der Waals surface area contributed by atoms with Gasteiger partial charge in [-0.05, 0) is 25.7 Å². The van der Waals surface area contributed by atoms with Crippen LogP contribution in [0.1, 0.15) is 32.6 Å². The van der Waals surface area contributed by atoms with Crippen molar-refractivity contribution in [2.24, 2.45) is 5.92 Å². The topological polar surface area (TPSA) is 90.0 Å². The minimum absolute atomic E-state index is 0.0416. The molecular formula is C14H23N3O4. The Morgan fingerprint density at radius 1 is 1.05 bits per heavy atom. The molecule has 0 spiro atoms. The number of hydrogen-bond donors (Lipinski definition) is 2. The van der Waals surface area contributed by atoms with E-state index in [2.05, 4.69) is 5.32 Å². The van der Waals surface area contributed by atoms with Crippen LogP contribution in [-0.4, -0.2) is 65.0 Å². The first kappa shape index (κ1) is 15.6. The van der Waals surface area contributed by atoms with Gasteiger partial charge in [0.15, 0.2) is 0 Å². The summed E-state index contributed by atoms with van der Waals surface area (Å²) >= 11 is 0. The number of amides is 3. The van der Waals surface area contributed by atoms with Gasteiger partial charge in [0, 0.05) is 39.1 Å². The van der Waals surface area contributed by atoms with Gasteiger partial charge in [0.1, 0.15) is 0 Å². The van der Waals surface area contributed by atoms with Gasteiger partial charge in [-0.2, -0.15) is 0 Å². The summed E-state index contributed by atoms with van der Waals surface area (Å²) in [6, 6.07) is 0.0712. The van der Waals surface area contributed by atoms with Crippen LogP contribution in [-0.2, 0) is 9.59 Å². The van der Waals surface area contributed by atoms with Gasteiger partial charge >= 0.3 is 12.0 Å². The normalized spacial score (nSPS) is 23.8. The predicted molar refractivity (Wildman–Crippen MR) is 75.7 cm³/mol. The molecule has 118 valence electrons. The number of piperidine rings is 2. The second-order valence-corrected chi connectivity index (χ2v) is 5.87. The second-order valence-electron chi connectivity index (χ2n) is 5.87. The average Bonchev–Trinajstić information content (AvgIpc) is 2.47. The zero-order valence-corrected chi connectivity index (χ0v) is 12.4. The molecule has 0 radical (unpaired) electrons. The molecule has 2 fully saturated rings. The van der Waals surface area contributed by atoms with Crippen molar-refractivity contribution in [1.29, 1.82) is 0 Å². The van der Waals surface area contributed by atoms with Gasteiger partial charge in [0.25, 0.3) is 0 Å². The van der Waals surface area contributed by atoms with E-state index in [1.54, 1.807) is 9.80 Å². The van der Waals surface area contributed by atoms with Crippen molar-refractivity contribution in [1.82, 2.24) is 15.1 Å². The number of nitrogens with zero attached hydrogens (tertiary/aromatic N) is 2. The first-order valence-corrected chi connectivity index (χ1v) is 7.51. The lowest BCUT2D eigenvalue weighted by atomic mass is 9.98. The largest absolute Gasteiger partial charge is 0.481 e. The maximum Gasteiger partial charge on any atom is 0.320 e. The summed E-state index contributed by atoms with van der Waals surface area (Å²) in [6.07, 6.45) is 2.89. The number of likely N-dealkylation sites (tertiary alicyclic amines) is 2. The van der Waals surface area contributed by atoms with Crippen LogP contribution in [0.25, 0.3) is 0 Å². The van der Waals surface area contributed by atoms with E-state index in [0.29, 0.717) is 32.6 Å². The molecule has 7 heteroatoms. The molecule has 2 heterocycles. The molecule has 0 aliphatic carbocycles. The number of carbonyl (C=O) groups excluding carboxylic acids is 2. The molecule has 0 bridgehead atoms. The van der Waals surface area contributed by atoms with E-state index >= 15 is 0 Å². The van der Waals surface area contributed by atoms with Crippen molar-refractivity contribution in [2.45, 2.75) is 38.6 Å². The highest BCUT2D eigenvalue weighted by molar-refractivity contribution is 5.77. The molecule has 2 aliphatic heterocycles. The molecule has 2 aliphatic rings. The van der Waals surface area contributed by atoms with Crippen LogP contribution in [0.4, 0.5) is 4.79 Å². The van der Waals surface area contributed by atoms with Crippen molar-refractivity contribution >= 4 is 17.9 Å². The van der Waals surface area contributed by atoms with Crippen LogP contribution < -0.4 is 5.32 Å². The maximum atomic E-state index is 12.4. The second kappa shape index (κ2) is 6.78. The van der Waals surface area contributed by atoms with E-state index in [1.807, 2.05) is 0 Å². The van der Waals surface area contributed by atoms with E-state index in [0.717, 1.165) is 19.3 Å². The number of carbonyl (C=O) groups is 3. The van der Waals surface area contributed by atoms with Gasteiger partial charge in [-0.25, -0.2) is 4.79 Å². The van der Waals surface area contributed by atoms with E-state index in [4.69, 9.17) is 5.11 Å². The van der Waals surface area contributed by atoms with Crippen LogP contribution in [0, 0.1) is 5.92 Å². The first-order valence-electron chi connectivity index (χ1n) is 7.51. The number of rotatable bonds is 2. The lowest BCUT2D eigenvalue weighted by Gasteiger charge is -2.38. The number of carboxylic acid groups (broad SMARTS) is 1. The van der Waals surface area contributed by atoms with Crippen LogP contribution in [0.15, 0.2) is 0 Å². The van der Waals surface area contributed by atoms with E-state index < -0.39 is 11.9 Å². The number of hydrogen-bond acceptors (Lipinski definition) is 3. The van der Waals surface area contributed by atoms with Gasteiger partial charge < -0.3 is 20.2 Å². The van der Waals surface area contributed by atoms with Crippen LogP contribution in [0.3, 0.4) is 0 Å². The van der Waals surface area contributed by atoms with Crippen LogP contribution in [0.2, 0.25) is 0 Å². The minimum Gasteiger partial charge on any atom is -0.481 e. The number of aliphatic carboxylic acids is 1. The molecule has 2 N–H and O–H groups in total. The lowest BCUT2D eigenvalue weighted by Crippen LogP contribution is -2.53. The van der Waals surface area contributed by atoms with Crippen molar-refractivity contribution in [3.8, 4) is 0 Å². The van der Waals surface area contributed by atoms with E-state index in [1.165, 1.54) is 6.92 Å². The lowest BCUT2D eigenvalue weighted by molar-refractivity contribution is -0.143. The Kier molecular flexibility index (Phi) is 5.03. The summed E-state index contributed by atoms with van der Waals surface area (Å²) in [4.78, 5) is 37.9. The van der Waals surface area contributed by atoms with Crippen LogP contribution in [0.5, 0.6) is 0 Å². The molecule has 2 saturated heterocycles. The Bertz CT molecular complexity index is 418. The molecule has 0 aromatic heterocycles. The number of urea groups is 1. The van der Waals surface area contributed by atoms with Crippen molar-refractivity contribution in [2.75, 3.05) is 26.2 Å². The van der Waals surface area contributed by atoms with Gasteiger partial charge in [0.05, 0.1) is 5.92 Å². The van der Waals surface area contributed by atoms with E-state index in [9.17, 15) is 14.4 Å². The monoisotopic (exact) mass is 297 g/mol. The Balaban J connectivity index is 1.84. The SMILES string of the molecule is CC(=O)NC1CCN(C(=O)N2CCCC(C(=O)O)C2)CC1. The molecule has 21 heavy (non-hydrogen) atoms. The zero-order chi connectivity index (χ0) is 15.4. The molecule has 0 saturated carbocycles. The summed E-state index contributed by atoms with van der Waals surface area (Å²) in [5.74, 6) is -1.31. The van der Waals surface area contributed by atoms with Gasteiger partial charge in [-0.1, -0.05) is 0 Å². The Morgan fingerprint density at radius 2 is 1.71 bits per heavy atom. The number of carboxylic acids is 1. The quantitative estimate of drug-likeness (QED) is 0.777. The predicted octanol–water partition coefficient (Wildman–Crippen LogP) is 0.504. The van der Waals surface area contributed by atoms with Crippen molar-refractivity contribution in [3.05, 3.63) is 0 Å². The smallest absolute Gasteiger partial charge is 0.320 e. The van der Waals surface area contributed by atoms with Crippen molar-refractivity contribution in [3.63, 3.8) is 0 Å². The summed E-state index contributed by atoms with van der Waals surface area (Å²) in [6.45, 7) is 3.65. The summed E-state index contributed by atoms with van der Waals surface area (Å²) in [5.41, 5.74) is 0. The molecule has 1 unspecified atom stereocenters. The molecule has 7 nitrogen and oxygen atoms in total. The highest BCUT2D eigenvalue weighted by Crippen LogP contribution is 2.20. The van der Waals surface area contributed by atoms with Gasteiger partial charge in [0.2, 0.25) is 5.91 Å². The molecule has 2 rings (SSSR count). The average molecular weight is 297 g/mol. The third kappa shape index (κ3) is 4.09. The fourth-order valence-electron chi connectivity index (χ4n) is 3.06. The highest BCUT2D eigenvalue weighted by Gasteiger charge is 2.32. The third-order valence-corrected chi connectivity index (χ3v) is 4.21. The number of nitrogens with one attached hydrogen (secondary N) is 1. The summed E-state index contributed by atoms with van der Waals surface area (Å²) < 4.78 is 0. The molecule has 0 aromatic rings. The standard InChI is InChI=1S/C14H23N3O4/c1-10(18)15-12-4-7-16(8-5-12)14(21)17-6-2-3-11(9-17)13(19)20/h11-12H,2-9H2,1H3,(H,15,18)(H,19,20). The molecular weight excluding hydrogens is 274 g/mol. The third-order valence-electron chi connectivity index (χ3n) is 4.21. The molecule has 0 aromatic carbocycles. The Morgan fingerprint density at radius 3 is 2.29 bits per heavy atom. The fourth-order valence-corrected chi connectivity index (χ4v) is 3.06.